The van der Waals surface area contributed by atoms with E-state index in [0.717, 1.165) is 16.9 Å². The monoisotopic (exact) mass is 258 g/mol. The fourth-order valence-electron chi connectivity index (χ4n) is 1.53. The van der Waals surface area contributed by atoms with Crippen LogP contribution in [0.1, 0.15) is 16.7 Å². The molecule has 4 heteroatoms. The highest BCUT2D eigenvalue weighted by Gasteiger charge is 2.04. The molecule has 0 saturated heterocycles. The fraction of sp³-hybridized carbons (Fsp3) is 0.143. The zero-order valence-electron chi connectivity index (χ0n) is 10.3. The zero-order valence-corrected chi connectivity index (χ0v) is 11.1. The Morgan fingerprint density at radius 3 is 2.61 bits per heavy atom. The smallest absolute Gasteiger partial charge is 0.219 e. The van der Waals surface area contributed by atoms with E-state index in [2.05, 4.69) is 4.98 Å². The van der Waals surface area contributed by atoms with Gasteiger partial charge in [-0.2, -0.15) is 0 Å². The van der Waals surface area contributed by atoms with Gasteiger partial charge in [0.1, 0.15) is 10.7 Å². The van der Waals surface area contributed by atoms with Crippen molar-refractivity contribution in [2.45, 2.75) is 13.8 Å². The maximum absolute atomic E-state index is 5.73. The van der Waals surface area contributed by atoms with Crippen molar-refractivity contribution in [1.29, 1.82) is 0 Å². The molecule has 0 spiro atoms. The van der Waals surface area contributed by atoms with E-state index >= 15 is 0 Å². The van der Waals surface area contributed by atoms with Gasteiger partial charge in [0, 0.05) is 17.8 Å². The maximum Gasteiger partial charge on any atom is 0.219 e. The van der Waals surface area contributed by atoms with Crippen LogP contribution in [0.15, 0.2) is 36.5 Å². The minimum atomic E-state index is 0.334. The molecule has 1 heterocycles. The third-order valence-electron chi connectivity index (χ3n) is 2.79. The zero-order chi connectivity index (χ0) is 13.1. The van der Waals surface area contributed by atoms with E-state index in [-0.39, 0.29) is 0 Å². The van der Waals surface area contributed by atoms with Crippen LogP contribution < -0.4 is 10.5 Å². The standard InChI is InChI=1S/C14H14N2OS/c1-9-4-3-5-12(10(9)2)17-13-7-6-11(8-16-13)14(15)18/h3-8H,1-2H3,(H2,15,18). The summed E-state index contributed by atoms with van der Waals surface area (Å²) in [6.45, 7) is 4.07. The number of nitrogens with two attached hydrogens (primary N) is 1. The molecule has 2 rings (SSSR count). The Kier molecular flexibility index (Phi) is 3.58. The van der Waals surface area contributed by atoms with Crippen LogP contribution in [0.4, 0.5) is 0 Å². The molecule has 0 saturated carbocycles. The first-order chi connectivity index (χ1) is 8.58. The average molecular weight is 258 g/mol. The minimum Gasteiger partial charge on any atom is -0.439 e. The summed E-state index contributed by atoms with van der Waals surface area (Å²) < 4.78 is 5.73. The summed E-state index contributed by atoms with van der Waals surface area (Å²) in [6.07, 6.45) is 1.61. The number of hydrogen-bond donors (Lipinski definition) is 1. The highest BCUT2D eigenvalue weighted by molar-refractivity contribution is 7.80. The molecule has 92 valence electrons. The van der Waals surface area contributed by atoms with Crippen molar-refractivity contribution in [2.24, 2.45) is 5.73 Å². The molecule has 3 nitrogen and oxygen atoms in total. The Labute approximate surface area is 112 Å². The predicted molar refractivity (Wildman–Crippen MR) is 76.1 cm³/mol. The number of thiocarbonyl (C=S) groups is 1. The molecular weight excluding hydrogens is 244 g/mol. The lowest BCUT2D eigenvalue weighted by atomic mass is 10.1. The number of aromatic nitrogens is 1. The van der Waals surface area contributed by atoms with E-state index in [1.54, 1.807) is 18.3 Å². The molecule has 1 aromatic carbocycles. The molecule has 0 bridgehead atoms. The molecule has 0 aliphatic rings. The van der Waals surface area contributed by atoms with Crippen molar-refractivity contribution in [2.75, 3.05) is 0 Å². The van der Waals surface area contributed by atoms with E-state index < -0.39 is 0 Å². The molecule has 0 radical (unpaired) electrons. The maximum atomic E-state index is 5.73. The number of hydrogen-bond acceptors (Lipinski definition) is 3. The Hall–Kier alpha value is -1.94. The molecule has 2 N–H and O–H groups in total. The summed E-state index contributed by atoms with van der Waals surface area (Å²) in [5, 5.41) is 0. The second kappa shape index (κ2) is 5.14. The molecule has 18 heavy (non-hydrogen) atoms. The van der Waals surface area contributed by atoms with Crippen molar-refractivity contribution < 1.29 is 4.74 Å². The van der Waals surface area contributed by atoms with Gasteiger partial charge in [0.25, 0.3) is 0 Å². The highest BCUT2D eigenvalue weighted by atomic mass is 32.1. The first kappa shape index (κ1) is 12.5. The van der Waals surface area contributed by atoms with Crippen LogP contribution in [0, 0.1) is 13.8 Å². The normalized spacial score (nSPS) is 10.1. The van der Waals surface area contributed by atoms with E-state index in [4.69, 9.17) is 22.7 Å². The highest BCUT2D eigenvalue weighted by Crippen LogP contribution is 2.25. The summed E-state index contributed by atoms with van der Waals surface area (Å²) in [6, 6.07) is 9.49. The van der Waals surface area contributed by atoms with Gasteiger partial charge in [-0.05, 0) is 37.1 Å². The number of benzene rings is 1. The summed E-state index contributed by atoms with van der Waals surface area (Å²) in [4.78, 5) is 4.51. The third-order valence-corrected chi connectivity index (χ3v) is 3.03. The summed E-state index contributed by atoms with van der Waals surface area (Å²) in [5.74, 6) is 1.34. The van der Waals surface area contributed by atoms with Crippen LogP contribution >= 0.6 is 12.2 Å². The van der Waals surface area contributed by atoms with Gasteiger partial charge >= 0.3 is 0 Å². The average Bonchev–Trinajstić information content (AvgIpc) is 2.36. The first-order valence-corrected chi connectivity index (χ1v) is 5.98. The number of aryl methyl sites for hydroxylation is 1. The predicted octanol–water partition coefficient (Wildman–Crippen LogP) is 3.12. The van der Waals surface area contributed by atoms with E-state index in [0.29, 0.717) is 10.9 Å². The molecule has 0 unspecified atom stereocenters. The fourth-order valence-corrected chi connectivity index (χ4v) is 1.65. The van der Waals surface area contributed by atoms with Crippen molar-refractivity contribution in [3.8, 4) is 11.6 Å². The lowest BCUT2D eigenvalue weighted by molar-refractivity contribution is 0.459. The summed E-state index contributed by atoms with van der Waals surface area (Å²) in [5.41, 5.74) is 8.54. The molecule has 0 aliphatic heterocycles. The Bertz CT molecular complexity index is 579. The van der Waals surface area contributed by atoms with Gasteiger partial charge in [-0.1, -0.05) is 24.4 Å². The van der Waals surface area contributed by atoms with Crippen LogP contribution in [0.3, 0.4) is 0 Å². The van der Waals surface area contributed by atoms with Gasteiger partial charge < -0.3 is 10.5 Å². The van der Waals surface area contributed by atoms with Crippen LogP contribution in [0.2, 0.25) is 0 Å². The number of ether oxygens (including phenoxy) is 1. The van der Waals surface area contributed by atoms with Crippen LogP contribution in [-0.2, 0) is 0 Å². The van der Waals surface area contributed by atoms with Crippen molar-refractivity contribution >= 4 is 17.2 Å². The van der Waals surface area contributed by atoms with Gasteiger partial charge in [-0.25, -0.2) is 4.98 Å². The van der Waals surface area contributed by atoms with E-state index in [1.165, 1.54) is 5.56 Å². The topological polar surface area (TPSA) is 48.1 Å². The van der Waals surface area contributed by atoms with Gasteiger partial charge in [0.15, 0.2) is 0 Å². The largest absolute Gasteiger partial charge is 0.439 e. The van der Waals surface area contributed by atoms with Gasteiger partial charge in [-0.15, -0.1) is 0 Å². The van der Waals surface area contributed by atoms with Crippen LogP contribution in [0.25, 0.3) is 0 Å². The third kappa shape index (κ3) is 2.65. The molecular formula is C14H14N2OS. The second-order valence-electron chi connectivity index (χ2n) is 4.05. The van der Waals surface area contributed by atoms with Gasteiger partial charge in [0.05, 0.1) is 0 Å². The number of pyridine rings is 1. The quantitative estimate of drug-likeness (QED) is 0.859. The molecule has 2 aromatic rings. The van der Waals surface area contributed by atoms with E-state index in [9.17, 15) is 0 Å². The summed E-state index contributed by atoms with van der Waals surface area (Å²) in [7, 11) is 0. The van der Waals surface area contributed by atoms with Crippen molar-refractivity contribution in [3.05, 3.63) is 53.2 Å². The lowest BCUT2D eigenvalue weighted by Crippen LogP contribution is -2.09. The van der Waals surface area contributed by atoms with Gasteiger partial charge in [-0.3, -0.25) is 0 Å². The molecule has 1 aromatic heterocycles. The molecule has 0 amide bonds. The Morgan fingerprint density at radius 1 is 1.22 bits per heavy atom. The second-order valence-corrected chi connectivity index (χ2v) is 4.49. The molecule has 0 aliphatic carbocycles. The molecule has 0 atom stereocenters. The minimum absolute atomic E-state index is 0.334. The first-order valence-electron chi connectivity index (χ1n) is 5.58. The Balaban J connectivity index is 2.24. The van der Waals surface area contributed by atoms with Crippen molar-refractivity contribution in [1.82, 2.24) is 4.98 Å². The Morgan fingerprint density at radius 2 is 2.00 bits per heavy atom. The van der Waals surface area contributed by atoms with Gasteiger partial charge in [0.2, 0.25) is 5.88 Å². The lowest BCUT2D eigenvalue weighted by Gasteiger charge is -2.09. The van der Waals surface area contributed by atoms with E-state index in [1.807, 2.05) is 32.0 Å². The number of rotatable bonds is 3. The SMILES string of the molecule is Cc1cccc(Oc2ccc(C(N)=S)cn2)c1C. The van der Waals surface area contributed by atoms with Crippen LogP contribution in [-0.4, -0.2) is 9.97 Å². The summed E-state index contributed by atoms with van der Waals surface area (Å²) >= 11 is 4.87. The number of nitrogens with zero attached hydrogens (tertiary/aromatic N) is 1. The van der Waals surface area contributed by atoms with Crippen LogP contribution in [0.5, 0.6) is 11.6 Å². The van der Waals surface area contributed by atoms with Crippen molar-refractivity contribution in [3.63, 3.8) is 0 Å². The molecule has 0 fully saturated rings.